The third-order valence-corrected chi connectivity index (χ3v) is 5.70. The number of halogens is 1. The summed E-state index contributed by atoms with van der Waals surface area (Å²) in [5, 5.41) is 10.6. The van der Waals surface area contributed by atoms with E-state index in [1.165, 1.54) is 0 Å². The Morgan fingerprint density at radius 1 is 1.14 bits per heavy atom. The summed E-state index contributed by atoms with van der Waals surface area (Å²) in [6.45, 7) is 0. The molecule has 0 aromatic heterocycles. The largest absolute Gasteiger partial charge is 0.497 e. The number of carbonyl (C=O) groups excluding carboxylic acids is 1. The summed E-state index contributed by atoms with van der Waals surface area (Å²) in [7, 11) is 1.60. The highest BCUT2D eigenvalue weighted by Crippen LogP contribution is 2.46. The van der Waals surface area contributed by atoms with Gasteiger partial charge in [-0.2, -0.15) is 5.26 Å². The van der Waals surface area contributed by atoms with Crippen LogP contribution in [0, 0.1) is 11.3 Å². The van der Waals surface area contributed by atoms with Crippen molar-refractivity contribution in [2.75, 3.05) is 12.0 Å². The van der Waals surface area contributed by atoms with Crippen molar-refractivity contribution in [3.8, 4) is 11.8 Å². The van der Waals surface area contributed by atoms with Gasteiger partial charge in [0.25, 0.3) is 0 Å². The Morgan fingerprint density at radius 3 is 2.45 bits per heavy atom. The summed E-state index contributed by atoms with van der Waals surface area (Å²) in [6.07, 6.45) is 1.95. The lowest BCUT2D eigenvalue weighted by molar-refractivity contribution is -0.116. The van der Waals surface area contributed by atoms with Crippen LogP contribution >= 0.6 is 11.6 Å². The van der Waals surface area contributed by atoms with Gasteiger partial charge < -0.3 is 10.5 Å². The molecular weight excluding hydrogens is 386 g/mol. The molecule has 0 spiro atoms. The molecular formula is C23H20ClN3O2. The van der Waals surface area contributed by atoms with Gasteiger partial charge in [0.05, 0.1) is 24.7 Å². The fraction of sp³-hybridized carbons (Fsp3) is 0.217. The number of anilines is 1. The lowest BCUT2D eigenvalue weighted by Gasteiger charge is -2.39. The first-order valence-electron chi connectivity index (χ1n) is 9.40. The maximum absolute atomic E-state index is 13.0. The van der Waals surface area contributed by atoms with Crippen LogP contribution in [0.3, 0.4) is 0 Å². The second kappa shape index (κ2) is 7.65. The van der Waals surface area contributed by atoms with Crippen LogP contribution < -0.4 is 15.4 Å². The molecule has 2 aromatic carbocycles. The van der Waals surface area contributed by atoms with Crippen molar-refractivity contribution in [3.05, 3.63) is 81.8 Å². The Bertz CT molecular complexity index is 1060. The molecule has 0 saturated carbocycles. The zero-order valence-electron chi connectivity index (χ0n) is 16.0. The molecule has 5 nitrogen and oxygen atoms in total. The number of carbonyl (C=O) groups is 1. The van der Waals surface area contributed by atoms with Crippen LogP contribution in [0.5, 0.6) is 5.75 Å². The molecule has 1 aliphatic carbocycles. The topological polar surface area (TPSA) is 79.3 Å². The number of rotatable bonds is 3. The Balaban J connectivity index is 1.92. The number of nitrogens with two attached hydrogens (primary N) is 1. The molecule has 0 amide bonds. The monoisotopic (exact) mass is 405 g/mol. The van der Waals surface area contributed by atoms with Crippen LogP contribution in [0.25, 0.3) is 0 Å². The van der Waals surface area contributed by atoms with Gasteiger partial charge in [-0.05, 0) is 54.8 Å². The van der Waals surface area contributed by atoms with E-state index < -0.39 is 5.92 Å². The SMILES string of the molecule is COc1ccc(C2C(C#N)=C(N)N(c3ccc(Cl)cc3)C3=C2C(=O)CCC3)cc1. The van der Waals surface area contributed by atoms with Gasteiger partial charge in [-0.1, -0.05) is 23.7 Å². The smallest absolute Gasteiger partial charge is 0.161 e. The lowest BCUT2D eigenvalue weighted by Crippen LogP contribution is -2.38. The number of nitrogens with zero attached hydrogens (tertiary/aromatic N) is 2. The summed E-state index contributed by atoms with van der Waals surface area (Å²) >= 11 is 6.04. The second-order valence-corrected chi connectivity index (χ2v) is 7.50. The number of methoxy groups -OCH3 is 1. The fourth-order valence-corrected chi connectivity index (χ4v) is 4.23. The van der Waals surface area contributed by atoms with E-state index in [0.717, 1.165) is 29.8 Å². The van der Waals surface area contributed by atoms with E-state index in [9.17, 15) is 10.1 Å². The molecule has 0 saturated heterocycles. The van der Waals surface area contributed by atoms with E-state index in [0.29, 0.717) is 34.2 Å². The third-order valence-electron chi connectivity index (χ3n) is 5.45. The number of hydrogen-bond donors (Lipinski definition) is 1. The van der Waals surface area contributed by atoms with E-state index in [2.05, 4.69) is 6.07 Å². The number of benzene rings is 2. The first-order chi connectivity index (χ1) is 14.0. The van der Waals surface area contributed by atoms with E-state index in [1.54, 1.807) is 19.2 Å². The predicted octanol–water partition coefficient (Wildman–Crippen LogP) is 4.65. The van der Waals surface area contributed by atoms with Gasteiger partial charge >= 0.3 is 0 Å². The highest BCUT2D eigenvalue weighted by molar-refractivity contribution is 6.30. The summed E-state index contributed by atoms with van der Waals surface area (Å²) in [6, 6.07) is 17.0. The van der Waals surface area contributed by atoms with E-state index in [4.69, 9.17) is 22.1 Å². The molecule has 0 fully saturated rings. The van der Waals surface area contributed by atoms with Crippen LogP contribution in [0.4, 0.5) is 5.69 Å². The number of nitriles is 1. The van der Waals surface area contributed by atoms with Gasteiger partial charge in [0.15, 0.2) is 5.78 Å². The van der Waals surface area contributed by atoms with E-state index >= 15 is 0 Å². The molecule has 6 heteroatoms. The first kappa shape index (κ1) is 19.1. The van der Waals surface area contributed by atoms with E-state index in [1.807, 2.05) is 41.3 Å². The lowest BCUT2D eigenvalue weighted by atomic mass is 9.75. The van der Waals surface area contributed by atoms with Crippen molar-refractivity contribution in [3.63, 3.8) is 0 Å². The third kappa shape index (κ3) is 3.26. The summed E-state index contributed by atoms with van der Waals surface area (Å²) in [5.74, 6) is 0.652. The first-order valence-corrected chi connectivity index (χ1v) is 9.78. The van der Waals surface area contributed by atoms with Gasteiger partial charge in [-0.25, -0.2) is 0 Å². The van der Waals surface area contributed by atoms with Gasteiger partial charge in [0.1, 0.15) is 11.6 Å². The standard InChI is InChI=1S/C23H20ClN3O2/c1-29-17-11-5-14(6-12-17)21-18(13-25)23(26)27(16-9-7-15(24)8-10-16)19-3-2-4-20(28)22(19)21/h5-12,21H,2-4,26H2,1H3. The maximum Gasteiger partial charge on any atom is 0.161 e. The van der Waals surface area contributed by atoms with Crippen LogP contribution in [-0.2, 0) is 4.79 Å². The molecule has 1 atom stereocenters. The zero-order valence-corrected chi connectivity index (χ0v) is 16.7. The van der Waals surface area contributed by atoms with Crippen molar-refractivity contribution in [2.45, 2.75) is 25.2 Å². The molecule has 2 aliphatic rings. The minimum Gasteiger partial charge on any atom is -0.497 e. The zero-order chi connectivity index (χ0) is 20.5. The molecule has 1 heterocycles. The Kier molecular flexibility index (Phi) is 5.04. The van der Waals surface area contributed by atoms with E-state index in [-0.39, 0.29) is 5.78 Å². The highest BCUT2D eigenvalue weighted by Gasteiger charge is 2.40. The van der Waals surface area contributed by atoms with Crippen molar-refractivity contribution < 1.29 is 9.53 Å². The van der Waals surface area contributed by atoms with Crippen LogP contribution in [-0.4, -0.2) is 12.9 Å². The molecule has 1 aliphatic heterocycles. The number of ether oxygens (including phenoxy) is 1. The van der Waals surface area contributed by atoms with Crippen molar-refractivity contribution in [1.82, 2.24) is 0 Å². The molecule has 2 N–H and O–H groups in total. The maximum atomic E-state index is 13.0. The van der Waals surface area contributed by atoms with Gasteiger partial charge in [-0.3, -0.25) is 9.69 Å². The van der Waals surface area contributed by atoms with Crippen LogP contribution in [0.15, 0.2) is 71.2 Å². The average Bonchev–Trinajstić information content (AvgIpc) is 2.74. The Labute approximate surface area is 174 Å². The summed E-state index contributed by atoms with van der Waals surface area (Å²) in [5.41, 5.74) is 10.0. The van der Waals surface area contributed by atoms with Crippen molar-refractivity contribution in [1.29, 1.82) is 5.26 Å². The predicted molar refractivity (Wildman–Crippen MR) is 112 cm³/mol. The number of hydrogen-bond acceptors (Lipinski definition) is 5. The molecule has 29 heavy (non-hydrogen) atoms. The molecule has 0 bridgehead atoms. The highest BCUT2D eigenvalue weighted by atomic mass is 35.5. The average molecular weight is 406 g/mol. The molecule has 2 aromatic rings. The minimum atomic E-state index is -0.475. The molecule has 146 valence electrons. The fourth-order valence-electron chi connectivity index (χ4n) is 4.10. The molecule has 4 rings (SSSR count). The van der Waals surface area contributed by atoms with Gasteiger partial charge in [0.2, 0.25) is 0 Å². The minimum absolute atomic E-state index is 0.0614. The molecule has 1 unspecified atom stereocenters. The van der Waals surface area contributed by atoms with Crippen LogP contribution in [0.2, 0.25) is 5.02 Å². The number of Topliss-reactive ketones (excluding diaryl/α,β-unsaturated/α-hetero) is 1. The van der Waals surface area contributed by atoms with Gasteiger partial charge in [-0.15, -0.1) is 0 Å². The normalized spacial score (nSPS) is 19.1. The summed E-state index contributed by atoms with van der Waals surface area (Å²) in [4.78, 5) is 14.9. The molecule has 0 radical (unpaired) electrons. The Hall–Kier alpha value is -3.23. The number of ketones is 1. The Morgan fingerprint density at radius 2 is 1.83 bits per heavy atom. The van der Waals surface area contributed by atoms with Crippen LogP contribution in [0.1, 0.15) is 30.7 Å². The summed E-state index contributed by atoms with van der Waals surface area (Å²) < 4.78 is 5.24. The number of allylic oxidation sites excluding steroid dienone is 3. The van der Waals surface area contributed by atoms with Gasteiger partial charge in [0, 0.05) is 28.4 Å². The quantitative estimate of drug-likeness (QED) is 0.803. The van der Waals surface area contributed by atoms with Crippen molar-refractivity contribution in [2.24, 2.45) is 5.73 Å². The second-order valence-electron chi connectivity index (χ2n) is 7.07. The van der Waals surface area contributed by atoms with Crippen molar-refractivity contribution >= 4 is 23.1 Å².